The highest BCUT2D eigenvalue weighted by atomic mass is 19.4. The van der Waals surface area contributed by atoms with E-state index in [1.54, 1.807) is 13.0 Å². The molecule has 1 amide bonds. The number of nitrogens with one attached hydrogen (secondary N) is 1. The van der Waals surface area contributed by atoms with Gasteiger partial charge in [0, 0.05) is 17.0 Å². The molecule has 1 unspecified atom stereocenters. The average Bonchev–Trinajstić information content (AvgIpc) is 3.55. The second-order valence-electron chi connectivity index (χ2n) is 10.0. The van der Waals surface area contributed by atoms with E-state index in [1.807, 2.05) is 16.2 Å². The molecule has 2 bridgehead atoms. The Morgan fingerprint density at radius 3 is 2.74 bits per heavy atom. The van der Waals surface area contributed by atoms with Crippen LogP contribution in [0.3, 0.4) is 0 Å². The lowest BCUT2D eigenvalue weighted by Gasteiger charge is -2.39. The molecule has 7 nitrogen and oxygen atoms in total. The van der Waals surface area contributed by atoms with Crippen LogP contribution in [0.25, 0.3) is 5.78 Å². The Hall–Kier alpha value is -3.17. The fraction of sp³-hybridized carbons (Fsp3) is 0.500. The molecule has 3 fully saturated rings. The predicted molar refractivity (Wildman–Crippen MR) is 118 cm³/mol. The van der Waals surface area contributed by atoms with Crippen LogP contribution in [0.4, 0.5) is 19.0 Å². The number of anilines is 1. The van der Waals surface area contributed by atoms with Crippen molar-refractivity contribution in [1.29, 1.82) is 0 Å². The third kappa shape index (κ3) is 3.18. The number of aromatic nitrogens is 4. The number of rotatable bonds is 4. The summed E-state index contributed by atoms with van der Waals surface area (Å²) in [5.41, 5.74) is 1.38. The number of benzene rings is 1. The van der Waals surface area contributed by atoms with E-state index in [1.165, 1.54) is 6.07 Å². The van der Waals surface area contributed by atoms with Gasteiger partial charge in [0.2, 0.25) is 5.91 Å². The number of amides is 1. The molecule has 3 saturated carbocycles. The number of aryl methyl sites for hydroxylation is 1. The van der Waals surface area contributed by atoms with Crippen LogP contribution in [0.5, 0.6) is 0 Å². The van der Waals surface area contributed by atoms with Crippen LogP contribution >= 0.6 is 0 Å². The summed E-state index contributed by atoms with van der Waals surface area (Å²) < 4.78 is 41.5. The van der Waals surface area contributed by atoms with E-state index in [4.69, 9.17) is 0 Å². The zero-order valence-corrected chi connectivity index (χ0v) is 19.0. The van der Waals surface area contributed by atoms with Gasteiger partial charge in [0.1, 0.15) is 11.6 Å². The number of nitrogens with zero attached hydrogens (tertiary/aromatic N) is 5. The zero-order valence-electron chi connectivity index (χ0n) is 19.0. The van der Waals surface area contributed by atoms with Crippen molar-refractivity contribution >= 4 is 17.5 Å². The van der Waals surface area contributed by atoms with Gasteiger partial charge in [-0.3, -0.25) is 9.20 Å². The molecule has 10 heteroatoms. The highest BCUT2D eigenvalue weighted by Gasteiger charge is 2.57. The van der Waals surface area contributed by atoms with Gasteiger partial charge in [-0.2, -0.15) is 18.2 Å². The van der Waals surface area contributed by atoms with Gasteiger partial charge in [0.15, 0.2) is 0 Å². The Balaban J connectivity index is 1.34. The molecule has 1 atom stereocenters. The minimum Gasteiger partial charge on any atom is -0.363 e. The second kappa shape index (κ2) is 7.16. The van der Waals surface area contributed by atoms with Crippen molar-refractivity contribution in [2.45, 2.75) is 64.8 Å². The Labute approximate surface area is 194 Å². The molecular formula is C24H25F3N6O. The summed E-state index contributed by atoms with van der Waals surface area (Å²) in [6, 6.07) is 4.85. The number of fused-ring (bicyclic) bond motifs is 4. The smallest absolute Gasteiger partial charge is 0.363 e. The van der Waals surface area contributed by atoms with Crippen molar-refractivity contribution in [3.8, 4) is 0 Å². The maximum atomic E-state index is 13.5. The van der Waals surface area contributed by atoms with Crippen molar-refractivity contribution in [3.05, 3.63) is 52.5 Å². The van der Waals surface area contributed by atoms with E-state index in [0.29, 0.717) is 42.0 Å². The summed E-state index contributed by atoms with van der Waals surface area (Å²) in [7, 11) is 0. The van der Waals surface area contributed by atoms with Crippen LogP contribution in [0.1, 0.15) is 66.9 Å². The van der Waals surface area contributed by atoms with E-state index in [2.05, 4.69) is 20.5 Å². The maximum Gasteiger partial charge on any atom is 0.416 e. The summed E-state index contributed by atoms with van der Waals surface area (Å²) in [4.78, 5) is 20.0. The van der Waals surface area contributed by atoms with Crippen LogP contribution in [-0.2, 0) is 24.1 Å². The molecule has 34 heavy (non-hydrogen) atoms. The van der Waals surface area contributed by atoms with Gasteiger partial charge in [-0.05, 0) is 63.1 Å². The first-order valence-electron chi connectivity index (χ1n) is 11.6. The lowest BCUT2D eigenvalue weighted by atomic mass is 9.69. The minimum atomic E-state index is -4.41. The predicted octanol–water partition coefficient (Wildman–Crippen LogP) is 4.66. The largest absolute Gasteiger partial charge is 0.416 e. The maximum absolute atomic E-state index is 13.5. The second-order valence-corrected chi connectivity index (χ2v) is 10.0. The van der Waals surface area contributed by atoms with E-state index >= 15 is 0 Å². The van der Waals surface area contributed by atoms with Crippen molar-refractivity contribution in [1.82, 2.24) is 24.5 Å². The number of carbonyl (C=O) groups is 1. The van der Waals surface area contributed by atoms with Gasteiger partial charge in [-0.15, -0.1) is 10.2 Å². The normalized spacial score (nSPS) is 24.3. The minimum absolute atomic E-state index is 0.202. The molecule has 4 aliphatic rings. The molecule has 0 saturated heterocycles. The SMILES string of the molecule is Cc1nnc2nc(NC(C)c3cccc(C(F)(F)F)c3)c3c(n12)CN(C(=O)C12CCC(C1)C2)C3. The van der Waals surface area contributed by atoms with Crippen LogP contribution in [0.2, 0.25) is 0 Å². The van der Waals surface area contributed by atoms with Gasteiger partial charge >= 0.3 is 6.18 Å². The fourth-order valence-electron chi connectivity index (χ4n) is 6.03. The highest BCUT2D eigenvalue weighted by Crippen LogP contribution is 2.60. The van der Waals surface area contributed by atoms with Gasteiger partial charge in [0.25, 0.3) is 5.78 Å². The summed E-state index contributed by atoms with van der Waals surface area (Å²) in [6.45, 7) is 4.51. The standard InChI is InChI=1S/C24H25F3N6O/c1-13(16-4-3-5-17(8-16)24(25,26)27)28-20-18-11-32(21(34)23-7-6-15(9-23)10-23)12-19(18)33-14(2)30-31-22(33)29-20/h3-5,8,13,15H,6-7,9-12H2,1-2H3,(H,28,29,31). The molecule has 2 aromatic heterocycles. The molecule has 0 radical (unpaired) electrons. The van der Waals surface area contributed by atoms with Crippen molar-refractivity contribution in [3.63, 3.8) is 0 Å². The summed E-state index contributed by atoms with van der Waals surface area (Å²) in [6.07, 6.45) is -0.357. The van der Waals surface area contributed by atoms with Crippen LogP contribution in [-0.4, -0.2) is 30.4 Å². The van der Waals surface area contributed by atoms with E-state index in [-0.39, 0.29) is 11.3 Å². The number of hydrogen-bond acceptors (Lipinski definition) is 5. The molecule has 3 aliphatic carbocycles. The number of halogens is 3. The topological polar surface area (TPSA) is 75.4 Å². The number of hydrogen-bond donors (Lipinski definition) is 1. The summed E-state index contributed by atoms with van der Waals surface area (Å²) in [5, 5.41) is 11.6. The van der Waals surface area contributed by atoms with Gasteiger partial charge in [-0.25, -0.2) is 0 Å². The Morgan fingerprint density at radius 2 is 2.03 bits per heavy atom. The Bertz CT molecular complexity index is 1300. The first kappa shape index (κ1) is 21.4. The third-order valence-electron chi connectivity index (χ3n) is 7.81. The Kier molecular flexibility index (Phi) is 4.50. The van der Waals surface area contributed by atoms with Crippen molar-refractivity contribution < 1.29 is 18.0 Å². The van der Waals surface area contributed by atoms with E-state index in [0.717, 1.165) is 49.1 Å². The van der Waals surface area contributed by atoms with Crippen LogP contribution < -0.4 is 5.32 Å². The molecule has 7 rings (SSSR count). The fourth-order valence-corrected chi connectivity index (χ4v) is 6.03. The summed E-state index contributed by atoms with van der Waals surface area (Å²) >= 11 is 0. The lowest BCUT2D eigenvalue weighted by molar-refractivity contribution is -0.147. The van der Waals surface area contributed by atoms with E-state index < -0.39 is 17.8 Å². The third-order valence-corrected chi connectivity index (χ3v) is 7.81. The van der Waals surface area contributed by atoms with Crippen molar-refractivity contribution in [2.24, 2.45) is 11.3 Å². The lowest BCUT2D eigenvalue weighted by Crippen LogP contribution is -2.44. The van der Waals surface area contributed by atoms with Gasteiger partial charge in [-0.1, -0.05) is 12.1 Å². The first-order valence-corrected chi connectivity index (χ1v) is 11.6. The Morgan fingerprint density at radius 1 is 1.24 bits per heavy atom. The highest BCUT2D eigenvalue weighted by molar-refractivity contribution is 5.85. The van der Waals surface area contributed by atoms with E-state index in [9.17, 15) is 18.0 Å². The zero-order chi connectivity index (χ0) is 23.8. The molecule has 0 spiro atoms. The molecule has 178 valence electrons. The molecule has 1 aliphatic heterocycles. The van der Waals surface area contributed by atoms with Crippen molar-refractivity contribution in [2.75, 3.05) is 5.32 Å². The van der Waals surface area contributed by atoms with Gasteiger partial charge in [0.05, 0.1) is 24.3 Å². The first-order chi connectivity index (χ1) is 16.1. The number of carbonyl (C=O) groups excluding carboxylic acids is 1. The number of alkyl halides is 3. The molecule has 3 aromatic rings. The molecule has 3 heterocycles. The average molecular weight is 470 g/mol. The quantitative estimate of drug-likeness (QED) is 0.601. The molecule has 1 N–H and O–H groups in total. The van der Waals surface area contributed by atoms with Crippen LogP contribution in [0, 0.1) is 18.3 Å². The van der Waals surface area contributed by atoms with Crippen LogP contribution in [0.15, 0.2) is 24.3 Å². The molecule has 1 aromatic carbocycles. The molecular weight excluding hydrogens is 445 g/mol. The van der Waals surface area contributed by atoms with Gasteiger partial charge < -0.3 is 10.2 Å². The monoisotopic (exact) mass is 470 g/mol. The summed E-state index contributed by atoms with van der Waals surface area (Å²) in [5.74, 6) is 2.52.